The first-order valence-corrected chi connectivity index (χ1v) is 6.24. The topological polar surface area (TPSA) is 37.8 Å². The lowest BCUT2D eigenvalue weighted by Crippen LogP contribution is -2.00. The van der Waals surface area contributed by atoms with E-state index in [9.17, 15) is 0 Å². The highest BCUT2D eigenvalue weighted by molar-refractivity contribution is 9.10. The van der Waals surface area contributed by atoms with E-state index in [-0.39, 0.29) is 0 Å². The molecule has 0 aliphatic rings. The molecule has 0 aliphatic carbocycles. The van der Waals surface area contributed by atoms with Crippen molar-refractivity contribution in [2.24, 2.45) is 0 Å². The average Bonchev–Trinajstić information content (AvgIpc) is 2.61. The lowest BCUT2D eigenvalue weighted by atomic mass is 10.4. The van der Waals surface area contributed by atoms with Gasteiger partial charge in [-0.05, 0) is 27.4 Å². The van der Waals surface area contributed by atoms with Crippen LogP contribution in [0.5, 0.6) is 0 Å². The molecule has 0 amide bonds. The molecule has 2 aromatic heterocycles. The van der Waals surface area contributed by atoms with Crippen molar-refractivity contribution >= 4 is 44.7 Å². The summed E-state index contributed by atoms with van der Waals surface area (Å²) in [6.07, 6.45) is 1.44. The molecule has 0 atom stereocenters. The molecule has 6 heteroatoms. The van der Waals surface area contributed by atoms with E-state index in [4.69, 9.17) is 11.6 Å². The molecule has 2 aromatic rings. The molecule has 0 radical (unpaired) electrons. The fraction of sp³-hybridized carbons (Fsp3) is 0.111. The van der Waals surface area contributed by atoms with Crippen molar-refractivity contribution in [2.75, 3.05) is 5.32 Å². The van der Waals surface area contributed by atoms with Crippen molar-refractivity contribution in [3.63, 3.8) is 0 Å². The highest BCUT2D eigenvalue weighted by atomic mass is 79.9. The summed E-state index contributed by atoms with van der Waals surface area (Å²) in [5.74, 6) is 0.732. The first-order chi connectivity index (χ1) is 7.25. The predicted molar refractivity (Wildman–Crippen MR) is 66.4 cm³/mol. The maximum Gasteiger partial charge on any atom is 0.134 e. The SMILES string of the molecule is Clc1cc(NCc2sccc2Br)ncn1. The van der Waals surface area contributed by atoms with Gasteiger partial charge in [0.1, 0.15) is 17.3 Å². The zero-order valence-corrected chi connectivity index (χ0v) is 10.7. The van der Waals surface area contributed by atoms with Crippen molar-refractivity contribution in [3.05, 3.63) is 38.3 Å². The molecular weight excluding hydrogens is 298 g/mol. The van der Waals surface area contributed by atoms with Gasteiger partial charge in [-0.15, -0.1) is 11.3 Å². The van der Waals surface area contributed by atoms with E-state index in [1.807, 2.05) is 11.4 Å². The third-order valence-electron chi connectivity index (χ3n) is 1.75. The number of halogens is 2. The summed E-state index contributed by atoms with van der Waals surface area (Å²) >= 11 is 10.9. The van der Waals surface area contributed by atoms with Crippen LogP contribution in [-0.2, 0) is 6.54 Å². The molecule has 15 heavy (non-hydrogen) atoms. The van der Waals surface area contributed by atoms with Crippen LogP contribution in [0.2, 0.25) is 5.15 Å². The Kier molecular flexibility index (Phi) is 3.56. The number of nitrogens with zero attached hydrogens (tertiary/aromatic N) is 2. The summed E-state index contributed by atoms with van der Waals surface area (Å²) in [5.41, 5.74) is 0. The van der Waals surface area contributed by atoms with E-state index < -0.39 is 0 Å². The van der Waals surface area contributed by atoms with E-state index >= 15 is 0 Å². The van der Waals surface area contributed by atoms with E-state index in [0.29, 0.717) is 5.15 Å². The molecule has 0 spiro atoms. The van der Waals surface area contributed by atoms with Crippen LogP contribution >= 0.6 is 38.9 Å². The molecule has 1 N–H and O–H groups in total. The summed E-state index contributed by atoms with van der Waals surface area (Å²) < 4.78 is 1.11. The Balaban J connectivity index is 2.02. The summed E-state index contributed by atoms with van der Waals surface area (Å²) in [5, 5.41) is 5.65. The zero-order valence-electron chi connectivity index (χ0n) is 7.58. The van der Waals surface area contributed by atoms with Crippen LogP contribution in [0, 0.1) is 0 Å². The van der Waals surface area contributed by atoms with Crippen molar-refractivity contribution in [1.82, 2.24) is 9.97 Å². The maximum absolute atomic E-state index is 5.74. The molecule has 2 heterocycles. The Morgan fingerprint density at radius 3 is 3.00 bits per heavy atom. The van der Waals surface area contributed by atoms with Crippen LogP contribution in [-0.4, -0.2) is 9.97 Å². The van der Waals surface area contributed by atoms with Crippen LogP contribution in [0.15, 0.2) is 28.3 Å². The van der Waals surface area contributed by atoms with Gasteiger partial charge in [-0.1, -0.05) is 11.6 Å². The number of anilines is 1. The van der Waals surface area contributed by atoms with Crippen LogP contribution in [0.3, 0.4) is 0 Å². The van der Waals surface area contributed by atoms with Crippen LogP contribution in [0.4, 0.5) is 5.82 Å². The molecule has 0 aliphatic heterocycles. The molecule has 0 bridgehead atoms. The lowest BCUT2D eigenvalue weighted by Gasteiger charge is -2.03. The minimum absolute atomic E-state index is 0.442. The van der Waals surface area contributed by atoms with Crippen LogP contribution < -0.4 is 5.32 Å². The first-order valence-electron chi connectivity index (χ1n) is 4.19. The first kappa shape index (κ1) is 10.9. The molecule has 0 aromatic carbocycles. The minimum Gasteiger partial charge on any atom is -0.365 e. The second-order valence-corrected chi connectivity index (χ2v) is 5.01. The fourth-order valence-electron chi connectivity index (χ4n) is 1.05. The van der Waals surface area contributed by atoms with Gasteiger partial charge in [-0.25, -0.2) is 9.97 Å². The third-order valence-corrected chi connectivity index (χ3v) is 3.89. The average molecular weight is 305 g/mol. The number of hydrogen-bond donors (Lipinski definition) is 1. The van der Waals surface area contributed by atoms with Gasteiger partial charge in [0.05, 0.1) is 6.54 Å². The quantitative estimate of drug-likeness (QED) is 0.881. The number of hydrogen-bond acceptors (Lipinski definition) is 4. The molecule has 0 saturated carbocycles. The normalized spacial score (nSPS) is 10.3. The van der Waals surface area contributed by atoms with Crippen LogP contribution in [0.1, 0.15) is 4.88 Å². The summed E-state index contributed by atoms with van der Waals surface area (Å²) in [6, 6.07) is 3.72. The molecule has 78 valence electrons. The summed E-state index contributed by atoms with van der Waals surface area (Å²) in [7, 11) is 0. The summed E-state index contributed by atoms with van der Waals surface area (Å²) in [4.78, 5) is 9.09. The number of thiophene rings is 1. The van der Waals surface area contributed by atoms with E-state index in [1.165, 1.54) is 11.2 Å². The number of aromatic nitrogens is 2. The van der Waals surface area contributed by atoms with E-state index in [2.05, 4.69) is 31.2 Å². The van der Waals surface area contributed by atoms with Gasteiger partial charge in [-0.3, -0.25) is 0 Å². The number of rotatable bonds is 3. The third kappa shape index (κ3) is 2.90. The highest BCUT2D eigenvalue weighted by Crippen LogP contribution is 2.23. The van der Waals surface area contributed by atoms with Crippen LogP contribution in [0.25, 0.3) is 0 Å². The zero-order chi connectivity index (χ0) is 10.7. The van der Waals surface area contributed by atoms with Crippen molar-refractivity contribution < 1.29 is 0 Å². The Labute approximate surface area is 105 Å². The van der Waals surface area contributed by atoms with Gasteiger partial charge in [0.2, 0.25) is 0 Å². The Morgan fingerprint density at radius 1 is 1.47 bits per heavy atom. The predicted octanol–water partition coefficient (Wildman–Crippen LogP) is 3.57. The molecule has 0 fully saturated rings. The maximum atomic E-state index is 5.74. The van der Waals surface area contributed by atoms with E-state index in [1.54, 1.807) is 17.4 Å². The van der Waals surface area contributed by atoms with Crippen molar-refractivity contribution in [1.29, 1.82) is 0 Å². The van der Waals surface area contributed by atoms with Gasteiger partial charge in [-0.2, -0.15) is 0 Å². The lowest BCUT2D eigenvalue weighted by molar-refractivity contribution is 1.10. The molecular formula is C9H7BrClN3S. The Bertz CT molecular complexity index is 460. The number of nitrogens with one attached hydrogen (secondary N) is 1. The van der Waals surface area contributed by atoms with Gasteiger partial charge in [0.15, 0.2) is 0 Å². The Morgan fingerprint density at radius 2 is 2.33 bits per heavy atom. The molecule has 0 unspecified atom stereocenters. The highest BCUT2D eigenvalue weighted by Gasteiger charge is 2.01. The van der Waals surface area contributed by atoms with Crippen molar-refractivity contribution in [3.8, 4) is 0 Å². The molecule has 0 saturated heterocycles. The second-order valence-electron chi connectivity index (χ2n) is 2.77. The monoisotopic (exact) mass is 303 g/mol. The van der Waals surface area contributed by atoms with Gasteiger partial charge in [0.25, 0.3) is 0 Å². The second kappa shape index (κ2) is 4.92. The van der Waals surface area contributed by atoms with Crippen molar-refractivity contribution in [2.45, 2.75) is 6.54 Å². The van der Waals surface area contributed by atoms with E-state index in [0.717, 1.165) is 16.8 Å². The smallest absolute Gasteiger partial charge is 0.134 e. The fourth-order valence-corrected chi connectivity index (χ4v) is 2.63. The standard InChI is InChI=1S/C9H7BrClN3S/c10-6-1-2-15-7(6)4-12-9-3-8(11)13-5-14-9/h1-3,5H,4H2,(H,12,13,14). The summed E-state index contributed by atoms with van der Waals surface area (Å²) in [6.45, 7) is 0.728. The molecule has 3 nitrogen and oxygen atoms in total. The Hall–Kier alpha value is -0.650. The largest absolute Gasteiger partial charge is 0.365 e. The molecule has 2 rings (SSSR count). The van der Waals surface area contributed by atoms with Gasteiger partial charge >= 0.3 is 0 Å². The minimum atomic E-state index is 0.442. The van der Waals surface area contributed by atoms with Gasteiger partial charge < -0.3 is 5.32 Å². The van der Waals surface area contributed by atoms with Gasteiger partial charge in [0, 0.05) is 15.4 Å².